The highest BCUT2D eigenvalue weighted by atomic mass is 35.5. The number of methoxy groups -OCH3 is 1. The molecule has 1 saturated heterocycles. The summed E-state index contributed by atoms with van der Waals surface area (Å²) in [5.41, 5.74) is 9.26. The number of imidazole rings is 1. The van der Waals surface area contributed by atoms with Crippen LogP contribution in [-0.4, -0.2) is 62.4 Å². The lowest BCUT2D eigenvalue weighted by Gasteiger charge is -2.34. The van der Waals surface area contributed by atoms with Gasteiger partial charge in [0.15, 0.2) is 23.8 Å². The molecule has 47 heavy (non-hydrogen) atoms. The first-order valence-corrected chi connectivity index (χ1v) is 16.1. The maximum atomic E-state index is 13.7. The number of anilines is 1. The van der Waals surface area contributed by atoms with Crippen molar-refractivity contribution in [2.75, 3.05) is 19.5 Å². The highest BCUT2D eigenvalue weighted by Crippen LogP contribution is 2.47. The van der Waals surface area contributed by atoms with Crippen molar-refractivity contribution in [2.45, 2.75) is 51.2 Å². The Morgan fingerprint density at radius 3 is 2.47 bits per heavy atom. The number of nitrogens with zero attached hydrogens (tertiary/aromatic N) is 5. The molecule has 3 aromatic heterocycles. The highest BCUT2D eigenvalue weighted by Gasteiger charge is 2.55. The molecule has 0 saturated carbocycles. The molecule has 0 spiro atoms. The molecule has 5 aromatic rings. The van der Waals surface area contributed by atoms with Crippen LogP contribution in [0.1, 0.15) is 38.3 Å². The van der Waals surface area contributed by atoms with Gasteiger partial charge in [-0.25, -0.2) is 14.8 Å². The van der Waals surface area contributed by atoms with Gasteiger partial charge in [0.25, 0.3) is 0 Å². The molecule has 0 bridgehead atoms. The van der Waals surface area contributed by atoms with Crippen LogP contribution in [0.4, 0.5) is 5.82 Å². The number of esters is 2. The number of thiazole rings is 1. The van der Waals surface area contributed by atoms with Crippen LogP contribution in [0, 0.1) is 5.41 Å². The van der Waals surface area contributed by atoms with Crippen molar-refractivity contribution in [1.82, 2.24) is 24.5 Å². The molecular formula is C33H33ClN6O6S. The molecule has 2 N–H and O–H groups in total. The Hall–Kier alpha value is -4.43. The van der Waals surface area contributed by atoms with Crippen LogP contribution in [0.15, 0.2) is 71.8 Å². The van der Waals surface area contributed by atoms with Crippen LogP contribution in [0.25, 0.3) is 22.3 Å². The van der Waals surface area contributed by atoms with E-state index in [1.165, 1.54) is 31.7 Å². The van der Waals surface area contributed by atoms with Crippen LogP contribution in [0.3, 0.4) is 0 Å². The van der Waals surface area contributed by atoms with E-state index in [-0.39, 0.29) is 24.1 Å². The predicted octanol–water partition coefficient (Wildman–Crippen LogP) is 5.37. The summed E-state index contributed by atoms with van der Waals surface area (Å²) in [5, 5.41) is 1.70. The molecule has 4 atom stereocenters. The molecule has 2 aromatic carbocycles. The fourth-order valence-electron chi connectivity index (χ4n) is 5.90. The molecule has 12 nitrogen and oxygen atoms in total. The van der Waals surface area contributed by atoms with Crippen molar-refractivity contribution in [3.8, 4) is 11.1 Å². The quantitative estimate of drug-likeness (QED) is 0.150. The number of benzene rings is 2. The molecule has 14 heteroatoms. The average molecular weight is 677 g/mol. The van der Waals surface area contributed by atoms with E-state index in [4.69, 9.17) is 36.3 Å². The predicted molar refractivity (Wildman–Crippen MR) is 175 cm³/mol. The lowest BCUT2D eigenvalue weighted by atomic mass is 9.82. The summed E-state index contributed by atoms with van der Waals surface area (Å²) >= 11 is 7.47. The number of rotatable bonds is 10. The summed E-state index contributed by atoms with van der Waals surface area (Å²) < 4.78 is 26.0. The Balaban J connectivity index is 1.33. The van der Waals surface area contributed by atoms with Gasteiger partial charge >= 0.3 is 11.9 Å². The Morgan fingerprint density at radius 2 is 1.81 bits per heavy atom. The van der Waals surface area contributed by atoms with Crippen molar-refractivity contribution in [2.24, 2.45) is 5.41 Å². The van der Waals surface area contributed by atoms with Gasteiger partial charge in [-0.3, -0.25) is 9.36 Å². The van der Waals surface area contributed by atoms with Gasteiger partial charge in [-0.1, -0.05) is 68.4 Å². The van der Waals surface area contributed by atoms with Crippen molar-refractivity contribution >= 4 is 51.9 Å². The lowest BCUT2D eigenvalue weighted by molar-refractivity contribution is -0.180. The van der Waals surface area contributed by atoms with Gasteiger partial charge in [0, 0.05) is 24.1 Å². The third-order valence-electron chi connectivity index (χ3n) is 8.47. The Morgan fingerprint density at radius 1 is 1.09 bits per heavy atom. The van der Waals surface area contributed by atoms with Crippen LogP contribution in [0.5, 0.6) is 0 Å². The van der Waals surface area contributed by atoms with Crippen molar-refractivity contribution in [1.29, 1.82) is 0 Å². The molecule has 6 rings (SSSR count). The summed E-state index contributed by atoms with van der Waals surface area (Å²) in [6.07, 6.45) is -0.747. The number of carbonyl (C=O) groups excluding carboxylic acids is 2. The first-order valence-electron chi connectivity index (χ1n) is 14.8. The second kappa shape index (κ2) is 13.0. The second-order valence-electron chi connectivity index (χ2n) is 11.8. The molecule has 0 radical (unpaired) electrons. The summed E-state index contributed by atoms with van der Waals surface area (Å²) in [6.45, 7) is 5.04. The van der Waals surface area contributed by atoms with Gasteiger partial charge < -0.3 is 24.7 Å². The van der Waals surface area contributed by atoms with E-state index in [1.807, 2.05) is 68.4 Å². The van der Waals surface area contributed by atoms with E-state index in [1.54, 1.807) is 15.5 Å². The first-order chi connectivity index (χ1) is 22.5. The third-order valence-corrected chi connectivity index (χ3v) is 9.23. The summed E-state index contributed by atoms with van der Waals surface area (Å²) in [6, 6.07) is 17.9. The van der Waals surface area contributed by atoms with E-state index < -0.39 is 41.4 Å². The number of ether oxygens (including phenoxy) is 4. The van der Waals surface area contributed by atoms with E-state index in [9.17, 15) is 9.59 Å². The standard InChI is InChI=1S/C33H33ClN6O6S/c1-19(41)45-26-29(40-17-36-25-27(35)38-31(34)39-28(25)40)46-24(32(26,2)3)15-44-33(30(42)43-4,23-16-47-18-37-23)14-20-10-12-22(13-11-20)21-8-6-5-7-9-21/h5-13,16-18,24,26,29H,14-15H2,1-4H3,(H2,35,38,39)/t24-,26+,29-,33?/m1/s1. The number of hydrogen-bond acceptors (Lipinski definition) is 12. The number of aromatic nitrogens is 5. The van der Waals surface area contributed by atoms with E-state index in [0.29, 0.717) is 16.9 Å². The average Bonchev–Trinajstić information content (AvgIpc) is 3.79. The van der Waals surface area contributed by atoms with Crippen LogP contribution in [0.2, 0.25) is 5.28 Å². The Labute approximate surface area is 279 Å². The van der Waals surface area contributed by atoms with E-state index in [0.717, 1.165) is 16.7 Å². The zero-order valence-electron chi connectivity index (χ0n) is 26.1. The number of halogens is 1. The number of nitrogens with two attached hydrogens (primary N) is 1. The van der Waals surface area contributed by atoms with E-state index in [2.05, 4.69) is 19.9 Å². The third kappa shape index (κ3) is 6.19. The molecule has 1 aliphatic heterocycles. The first kappa shape index (κ1) is 32.5. The molecule has 4 heterocycles. The zero-order valence-corrected chi connectivity index (χ0v) is 27.7. The minimum atomic E-state index is -1.60. The van der Waals surface area contributed by atoms with Crippen molar-refractivity contribution < 1.29 is 28.5 Å². The van der Waals surface area contributed by atoms with Crippen LogP contribution in [-0.2, 0) is 40.6 Å². The van der Waals surface area contributed by atoms with Gasteiger partial charge in [-0.2, -0.15) is 9.97 Å². The van der Waals surface area contributed by atoms with Gasteiger partial charge in [0.1, 0.15) is 5.52 Å². The maximum Gasteiger partial charge on any atom is 0.344 e. The summed E-state index contributed by atoms with van der Waals surface area (Å²) in [7, 11) is 1.32. The number of hydrogen-bond donors (Lipinski definition) is 1. The largest absolute Gasteiger partial charge is 0.467 e. The SMILES string of the molecule is COC(=O)C(Cc1ccc(-c2ccccc2)cc1)(OC[C@H]1O[C@@H](n2cnc3c(N)nc(Cl)nc32)[C@H](OC(C)=O)C1(C)C)c1cscn1. The van der Waals surface area contributed by atoms with Crippen molar-refractivity contribution in [3.05, 3.63) is 88.4 Å². The Kier molecular flexibility index (Phi) is 8.99. The smallest absolute Gasteiger partial charge is 0.344 e. The molecule has 0 amide bonds. The fourth-order valence-corrected chi connectivity index (χ4v) is 6.68. The topological polar surface area (TPSA) is 154 Å². The van der Waals surface area contributed by atoms with Gasteiger partial charge in [0.05, 0.1) is 37.4 Å². The van der Waals surface area contributed by atoms with Crippen LogP contribution < -0.4 is 5.73 Å². The number of fused-ring (bicyclic) bond motifs is 1. The van der Waals surface area contributed by atoms with Crippen molar-refractivity contribution in [3.63, 3.8) is 0 Å². The monoisotopic (exact) mass is 676 g/mol. The Bertz CT molecular complexity index is 1890. The minimum absolute atomic E-state index is 0.0687. The molecule has 244 valence electrons. The van der Waals surface area contributed by atoms with Gasteiger partial charge in [0.2, 0.25) is 10.9 Å². The molecule has 1 aliphatic rings. The maximum absolute atomic E-state index is 13.7. The fraction of sp³-hybridized carbons (Fsp3) is 0.333. The van der Waals surface area contributed by atoms with Gasteiger partial charge in [-0.15, -0.1) is 11.3 Å². The second-order valence-corrected chi connectivity index (χ2v) is 12.9. The molecular weight excluding hydrogens is 644 g/mol. The molecule has 1 fully saturated rings. The highest BCUT2D eigenvalue weighted by molar-refractivity contribution is 7.07. The number of nitrogen functional groups attached to an aromatic ring is 1. The van der Waals surface area contributed by atoms with Crippen LogP contribution >= 0.6 is 22.9 Å². The lowest BCUT2D eigenvalue weighted by Crippen LogP contribution is -2.46. The summed E-state index contributed by atoms with van der Waals surface area (Å²) in [4.78, 5) is 43.2. The zero-order chi connectivity index (χ0) is 33.3. The molecule has 0 aliphatic carbocycles. The summed E-state index contributed by atoms with van der Waals surface area (Å²) in [5.74, 6) is -1.01. The number of carbonyl (C=O) groups is 2. The van der Waals surface area contributed by atoms with Gasteiger partial charge in [-0.05, 0) is 28.3 Å². The molecule has 1 unspecified atom stereocenters. The van der Waals surface area contributed by atoms with E-state index >= 15 is 0 Å². The normalized spacial score (nSPS) is 20.1. The minimum Gasteiger partial charge on any atom is -0.467 e.